The molecule has 1 N–H and O–H groups in total. The lowest BCUT2D eigenvalue weighted by Crippen LogP contribution is -2.30. The van der Waals surface area contributed by atoms with Crippen molar-refractivity contribution >= 4 is 11.5 Å². The van der Waals surface area contributed by atoms with Crippen LogP contribution < -0.4 is 5.32 Å². The van der Waals surface area contributed by atoms with Crippen LogP contribution in [0.4, 0.5) is 4.39 Å². The lowest BCUT2D eigenvalue weighted by molar-refractivity contribution is -0.117. The number of nitrogens with one attached hydrogen (secondary N) is 1. The first-order valence-electron chi connectivity index (χ1n) is 5.64. The van der Waals surface area contributed by atoms with E-state index in [1.165, 1.54) is 18.2 Å². The molecule has 0 fully saturated rings. The van der Waals surface area contributed by atoms with Crippen molar-refractivity contribution in [3.05, 3.63) is 41.7 Å². The second kappa shape index (κ2) is 6.55. The average molecular weight is 246 g/mol. The summed E-state index contributed by atoms with van der Waals surface area (Å²) < 4.78 is 13.0. The summed E-state index contributed by atoms with van der Waals surface area (Å²) in [7, 11) is 0. The second-order valence-electron chi connectivity index (χ2n) is 4.11. The number of rotatable bonds is 4. The maximum Gasteiger partial charge on any atom is 0.244 e. The summed E-state index contributed by atoms with van der Waals surface area (Å²) in [5.74, 6) is -0.613. The Morgan fingerprint density at radius 2 is 2.33 bits per heavy atom. The molecule has 0 aliphatic rings. The fraction of sp³-hybridized carbons (Fsp3) is 0.286. The molecule has 0 unspecified atom stereocenters. The van der Waals surface area contributed by atoms with Gasteiger partial charge in [-0.25, -0.2) is 4.39 Å². The molecule has 0 bridgehead atoms. The summed E-state index contributed by atoms with van der Waals surface area (Å²) >= 11 is 0. The van der Waals surface area contributed by atoms with Crippen molar-refractivity contribution in [3.63, 3.8) is 0 Å². The number of halogens is 1. The van der Waals surface area contributed by atoms with Crippen molar-refractivity contribution in [2.24, 2.45) is 0 Å². The predicted octanol–water partition coefficient (Wildman–Crippen LogP) is 2.65. The Balaban J connectivity index is 2.72. The van der Waals surface area contributed by atoms with Gasteiger partial charge in [0, 0.05) is 12.1 Å². The van der Waals surface area contributed by atoms with Crippen LogP contribution in [0, 0.1) is 17.1 Å². The van der Waals surface area contributed by atoms with Gasteiger partial charge >= 0.3 is 0 Å². The van der Waals surface area contributed by atoms with E-state index < -0.39 is 0 Å². The van der Waals surface area contributed by atoms with Crippen LogP contribution in [0.25, 0.3) is 5.57 Å². The van der Waals surface area contributed by atoms with Crippen molar-refractivity contribution in [2.75, 3.05) is 0 Å². The number of nitriles is 1. The van der Waals surface area contributed by atoms with E-state index in [4.69, 9.17) is 5.26 Å². The predicted molar refractivity (Wildman–Crippen MR) is 67.9 cm³/mol. The van der Waals surface area contributed by atoms with Crippen LogP contribution >= 0.6 is 0 Å². The molecule has 3 nitrogen and oxygen atoms in total. The van der Waals surface area contributed by atoms with Gasteiger partial charge in [-0.3, -0.25) is 4.79 Å². The largest absolute Gasteiger partial charge is 0.349 e. The average Bonchev–Trinajstić information content (AvgIpc) is 2.28. The van der Waals surface area contributed by atoms with Crippen molar-refractivity contribution in [1.29, 1.82) is 5.26 Å². The molecule has 1 atom stereocenters. The summed E-state index contributed by atoms with van der Waals surface area (Å²) in [5.41, 5.74) is 1.34. The van der Waals surface area contributed by atoms with Crippen molar-refractivity contribution in [2.45, 2.75) is 26.3 Å². The Hall–Kier alpha value is -2.15. The first kappa shape index (κ1) is 13.9. The fourth-order valence-corrected chi connectivity index (χ4v) is 1.49. The number of carbonyl (C=O) groups is 1. The lowest BCUT2D eigenvalue weighted by Gasteiger charge is -2.08. The zero-order valence-electron chi connectivity index (χ0n) is 10.4. The topological polar surface area (TPSA) is 52.9 Å². The van der Waals surface area contributed by atoms with E-state index in [1.54, 1.807) is 26.0 Å². The van der Waals surface area contributed by atoms with Gasteiger partial charge in [0.1, 0.15) is 5.82 Å². The van der Waals surface area contributed by atoms with Crippen LogP contribution in [-0.4, -0.2) is 11.9 Å². The van der Waals surface area contributed by atoms with E-state index in [-0.39, 0.29) is 24.2 Å². The van der Waals surface area contributed by atoms with Crippen molar-refractivity contribution < 1.29 is 9.18 Å². The highest BCUT2D eigenvalue weighted by molar-refractivity contribution is 5.94. The molecule has 94 valence electrons. The molecule has 0 spiro atoms. The van der Waals surface area contributed by atoms with E-state index >= 15 is 0 Å². The molecule has 4 heteroatoms. The zero-order chi connectivity index (χ0) is 13.5. The molecule has 1 aromatic rings. The lowest BCUT2D eigenvalue weighted by atomic mass is 10.1. The van der Waals surface area contributed by atoms with Crippen LogP contribution in [0.5, 0.6) is 0 Å². The SMILES string of the molecule is C/C(=C\C(=O)N[C@@H](C)CC#N)c1cccc(F)c1. The van der Waals surface area contributed by atoms with Gasteiger partial charge in [0.2, 0.25) is 5.91 Å². The molecule has 1 rings (SSSR count). The standard InChI is InChI=1S/C14H15FN2O/c1-10(12-4-3-5-13(15)9-12)8-14(18)17-11(2)6-7-16/h3-5,8-9,11H,6H2,1-2H3,(H,17,18)/b10-8+/t11-/m0/s1. The highest BCUT2D eigenvalue weighted by Gasteiger charge is 2.05. The van der Waals surface area contributed by atoms with Gasteiger partial charge in [0.15, 0.2) is 0 Å². The highest BCUT2D eigenvalue weighted by Crippen LogP contribution is 2.14. The Labute approximate surface area is 106 Å². The number of hydrogen-bond acceptors (Lipinski definition) is 2. The monoisotopic (exact) mass is 246 g/mol. The van der Waals surface area contributed by atoms with E-state index in [2.05, 4.69) is 5.32 Å². The normalized spacial score (nSPS) is 12.7. The van der Waals surface area contributed by atoms with Crippen LogP contribution in [0.1, 0.15) is 25.8 Å². The minimum Gasteiger partial charge on any atom is -0.349 e. The number of nitrogens with zero attached hydrogens (tertiary/aromatic N) is 1. The quantitative estimate of drug-likeness (QED) is 0.830. The van der Waals surface area contributed by atoms with Gasteiger partial charge in [-0.15, -0.1) is 0 Å². The molecule has 0 aliphatic heterocycles. The second-order valence-corrected chi connectivity index (χ2v) is 4.11. The van der Waals surface area contributed by atoms with Gasteiger partial charge in [-0.05, 0) is 37.1 Å². The highest BCUT2D eigenvalue weighted by atomic mass is 19.1. The van der Waals surface area contributed by atoms with E-state index in [9.17, 15) is 9.18 Å². The number of carbonyl (C=O) groups excluding carboxylic acids is 1. The molecule has 0 saturated heterocycles. The Kier molecular flexibility index (Phi) is 5.06. The van der Waals surface area contributed by atoms with Crippen LogP contribution in [0.15, 0.2) is 30.3 Å². The van der Waals surface area contributed by atoms with Gasteiger partial charge in [0.05, 0.1) is 12.5 Å². The Bertz CT molecular complexity index is 503. The van der Waals surface area contributed by atoms with Crippen molar-refractivity contribution in [1.82, 2.24) is 5.32 Å². The van der Waals surface area contributed by atoms with Crippen molar-refractivity contribution in [3.8, 4) is 6.07 Å². The maximum atomic E-state index is 13.0. The molecular formula is C14H15FN2O. The molecule has 0 aliphatic carbocycles. The van der Waals surface area contributed by atoms with Crippen LogP contribution in [-0.2, 0) is 4.79 Å². The third-order valence-electron chi connectivity index (χ3n) is 2.41. The number of hydrogen-bond donors (Lipinski definition) is 1. The summed E-state index contributed by atoms with van der Waals surface area (Å²) in [5, 5.41) is 11.1. The fourth-order valence-electron chi connectivity index (χ4n) is 1.49. The first-order valence-corrected chi connectivity index (χ1v) is 5.64. The molecule has 18 heavy (non-hydrogen) atoms. The summed E-state index contributed by atoms with van der Waals surface area (Å²) in [6.45, 7) is 3.50. The van der Waals surface area contributed by atoms with E-state index in [0.717, 1.165) is 0 Å². The van der Waals surface area contributed by atoms with Crippen LogP contribution in [0.2, 0.25) is 0 Å². The van der Waals surface area contributed by atoms with Gasteiger partial charge in [0.25, 0.3) is 0 Å². The smallest absolute Gasteiger partial charge is 0.244 e. The third-order valence-corrected chi connectivity index (χ3v) is 2.41. The van der Waals surface area contributed by atoms with Gasteiger partial charge < -0.3 is 5.32 Å². The molecule has 0 aromatic heterocycles. The number of allylic oxidation sites excluding steroid dienone is 1. The van der Waals surface area contributed by atoms with Crippen LogP contribution in [0.3, 0.4) is 0 Å². The Morgan fingerprint density at radius 1 is 1.61 bits per heavy atom. The minimum absolute atomic E-state index is 0.195. The summed E-state index contributed by atoms with van der Waals surface area (Å²) in [6.07, 6.45) is 1.67. The zero-order valence-corrected chi connectivity index (χ0v) is 10.4. The molecule has 1 amide bonds. The van der Waals surface area contributed by atoms with Gasteiger partial charge in [-0.1, -0.05) is 12.1 Å². The first-order chi connectivity index (χ1) is 8.52. The molecule has 1 aromatic carbocycles. The molecule has 0 heterocycles. The van der Waals surface area contributed by atoms with E-state index in [1.807, 2.05) is 6.07 Å². The summed E-state index contributed by atoms with van der Waals surface area (Å²) in [4.78, 5) is 11.6. The number of amides is 1. The molecular weight excluding hydrogens is 231 g/mol. The minimum atomic E-state index is -0.335. The third kappa shape index (κ3) is 4.38. The molecule has 0 saturated carbocycles. The Morgan fingerprint density at radius 3 is 2.94 bits per heavy atom. The summed E-state index contributed by atoms with van der Waals surface area (Å²) in [6, 6.07) is 7.84. The van der Waals surface area contributed by atoms with Gasteiger partial charge in [-0.2, -0.15) is 5.26 Å². The number of benzene rings is 1. The molecule has 0 radical (unpaired) electrons. The van der Waals surface area contributed by atoms with E-state index in [0.29, 0.717) is 11.1 Å². The maximum absolute atomic E-state index is 13.0.